The van der Waals surface area contributed by atoms with Gasteiger partial charge in [0.15, 0.2) is 10.9 Å². The maximum atomic E-state index is 11.7. The van der Waals surface area contributed by atoms with E-state index in [-0.39, 0.29) is 24.0 Å². The minimum atomic E-state index is -0.357. The Morgan fingerprint density at radius 1 is 1.47 bits per heavy atom. The highest BCUT2D eigenvalue weighted by Gasteiger charge is 2.13. The summed E-state index contributed by atoms with van der Waals surface area (Å²) < 4.78 is 4.97. The molecular weight excluding hydrogens is 266 g/mol. The van der Waals surface area contributed by atoms with Crippen LogP contribution >= 0.6 is 11.3 Å². The van der Waals surface area contributed by atoms with Crippen LogP contribution < -0.4 is 5.32 Å². The molecule has 0 bridgehead atoms. The molecule has 2 heterocycles. The summed E-state index contributed by atoms with van der Waals surface area (Å²) in [5.41, 5.74) is 0.637. The first kappa shape index (κ1) is 13.3. The second kappa shape index (κ2) is 5.66. The molecule has 6 nitrogen and oxygen atoms in total. The Bertz CT molecular complexity index is 575. The van der Waals surface area contributed by atoms with Gasteiger partial charge in [-0.05, 0) is 12.1 Å². The summed E-state index contributed by atoms with van der Waals surface area (Å²) in [5.74, 6) is -0.167. The lowest BCUT2D eigenvalue weighted by Gasteiger charge is -2.07. The number of hydrogen-bond acceptors (Lipinski definition) is 5. The number of carbonyl (C=O) groups excluding carboxylic acids is 2. The van der Waals surface area contributed by atoms with E-state index in [4.69, 9.17) is 4.42 Å². The quantitative estimate of drug-likeness (QED) is 0.922. The second-order valence-electron chi connectivity index (χ2n) is 4.04. The molecule has 7 heteroatoms. The van der Waals surface area contributed by atoms with Gasteiger partial charge in [0.05, 0.1) is 18.4 Å². The Kier molecular flexibility index (Phi) is 3.96. The van der Waals surface area contributed by atoms with Gasteiger partial charge in [-0.3, -0.25) is 14.9 Å². The van der Waals surface area contributed by atoms with Crippen molar-refractivity contribution in [2.24, 2.45) is 0 Å². The van der Waals surface area contributed by atoms with E-state index in [1.54, 1.807) is 31.6 Å². The van der Waals surface area contributed by atoms with Gasteiger partial charge in [0.25, 0.3) is 5.91 Å². The minimum absolute atomic E-state index is 0.0331. The molecule has 0 aliphatic rings. The van der Waals surface area contributed by atoms with Crippen LogP contribution in [0.25, 0.3) is 0 Å². The molecule has 0 saturated heterocycles. The number of likely N-dealkylation sites (N-methyl/N-ethyl adjacent to an activating group) is 1. The molecule has 0 atom stereocenters. The fourth-order valence-electron chi connectivity index (χ4n) is 1.33. The van der Waals surface area contributed by atoms with Crippen molar-refractivity contribution in [3.05, 3.63) is 35.2 Å². The summed E-state index contributed by atoms with van der Waals surface area (Å²) in [6.45, 7) is 0. The molecule has 2 rings (SSSR count). The zero-order valence-corrected chi connectivity index (χ0v) is 11.4. The van der Waals surface area contributed by atoms with Gasteiger partial charge >= 0.3 is 0 Å². The van der Waals surface area contributed by atoms with Crippen LogP contribution in [0.1, 0.15) is 16.2 Å². The number of thiazole rings is 1. The first-order chi connectivity index (χ1) is 9.06. The van der Waals surface area contributed by atoms with Gasteiger partial charge in [0.1, 0.15) is 0 Å². The SMILES string of the molecule is CN(C)C(=O)Cc1csc(NC(=O)c2ccco2)n1. The predicted octanol–water partition coefficient (Wildman–Crippen LogP) is 1.62. The Hall–Kier alpha value is -2.15. The molecule has 0 fully saturated rings. The number of anilines is 1. The van der Waals surface area contributed by atoms with Crippen LogP contribution in [0.15, 0.2) is 28.2 Å². The molecule has 0 spiro atoms. The number of amides is 2. The largest absolute Gasteiger partial charge is 0.459 e. The van der Waals surface area contributed by atoms with Gasteiger partial charge in [-0.2, -0.15) is 0 Å². The smallest absolute Gasteiger partial charge is 0.293 e. The number of nitrogens with one attached hydrogen (secondary N) is 1. The lowest BCUT2D eigenvalue weighted by molar-refractivity contribution is -0.128. The van der Waals surface area contributed by atoms with Gasteiger partial charge in [0, 0.05) is 19.5 Å². The maximum Gasteiger partial charge on any atom is 0.293 e. The standard InChI is InChI=1S/C12H13N3O3S/c1-15(2)10(16)6-8-7-19-12(13-8)14-11(17)9-4-3-5-18-9/h3-5,7H,6H2,1-2H3,(H,13,14,17). The van der Waals surface area contributed by atoms with Crippen molar-refractivity contribution >= 4 is 28.3 Å². The molecule has 2 aromatic heterocycles. The Labute approximate surface area is 114 Å². The van der Waals surface area contributed by atoms with Gasteiger partial charge in [-0.15, -0.1) is 11.3 Å². The molecule has 100 valence electrons. The van der Waals surface area contributed by atoms with Crippen molar-refractivity contribution in [1.82, 2.24) is 9.88 Å². The van der Waals surface area contributed by atoms with E-state index in [0.29, 0.717) is 10.8 Å². The fraction of sp³-hybridized carbons (Fsp3) is 0.250. The van der Waals surface area contributed by atoms with Gasteiger partial charge in [0.2, 0.25) is 5.91 Å². The topological polar surface area (TPSA) is 75.4 Å². The first-order valence-electron chi connectivity index (χ1n) is 5.55. The molecule has 0 unspecified atom stereocenters. The van der Waals surface area contributed by atoms with E-state index in [0.717, 1.165) is 0 Å². The van der Waals surface area contributed by atoms with Crippen molar-refractivity contribution in [2.45, 2.75) is 6.42 Å². The predicted molar refractivity (Wildman–Crippen MR) is 71.2 cm³/mol. The number of rotatable bonds is 4. The molecule has 19 heavy (non-hydrogen) atoms. The molecular formula is C12H13N3O3S. The van der Waals surface area contributed by atoms with Crippen molar-refractivity contribution < 1.29 is 14.0 Å². The maximum absolute atomic E-state index is 11.7. The lowest BCUT2D eigenvalue weighted by atomic mass is 10.3. The van der Waals surface area contributed by atoms with Crippen LogP contribution in [0.5, 0.6) is 0 Å². The van der Waals surface area contributed by atoms with Crippen molar-refractivity contribution in [1.29, 1.82) is 0 Å². The molecule has 0 aliphatic heterocycles. The van der Waals surface area contributed by atoms with Crippen molar-refractivity contribution in [3.8, 4) is 0 Å². The van der Waals surface area contributed by atoms with E-state index in [1.165, 1.54) is 22.5 Å². The van der Waals surface area contributed by atoms with Gasteiger partial charge in [-0.25, -0.2) is 4.98 Å². The molecule has 0 aromatic carbocycles. The van der Waals surface area contributed by atoms with Crippen LogP contribution in [-0.2, 0) is 11.2 Å². The zero-order chi connectivity index (χ0) is 13.8. The molecule has 0 saturated carbocycles. The third kappa shape index (κ3) is 3.41. The average molecular weight is 279 g/mol. The van der Waals surface area contributed by atoms with E-state index < -0.39 is 0 Å². The normalized spacial score (nSPS) is 10.2. The fourth-order valence-corrected chi connectivity index (χ4v) is 2.03. The van der Waals surface area contributed by atoms with Crippen molar-refractivity contribution in [3.63, 3.8) is 0 Å². The number of carbonyl (C=O) groups is 2. The summed E-state index contributed by atoms with van der Waals surface area (Å²) in [5, 5.41) is 4.81. The monoisotopic (exact) mass is 279 g/mol. The minimum Gasteiger partial charge on any atom is -0.459 e. The van der Waals surface area contributed by atoms with Crippen molar-refractivity contribution in [2.75, 3.05) is 19.4 Å². The van der Waals surface area contributed by atoms with E-state index in [1.807, 2.05) is 0 Å². The highest BCUT2D eigenvalue weighted by Crippen LogP contribution is 2.17. The molecule has 0 radical (unpaired) electrons. The van der Waals surface area contributed by atoms with Gasteiger partial charge in [-0.1, -0.05) is 0 Å². The third-order valence-corrected chi connectivity index (χ3v) is 3.15. The molecule has 2 amide bonds. The van der Waals surface area contributed by atoms with E-state index in [2.05, 4.69) is 10.3 Å². The average Bonchev–Trinajstić information content (AvgIpc) is 3.00. The lowest BCUT2D eigenvalue weighted by Crippen LogP contribution is -2.23. The summed E-state index contributed by atoms with van der Waals surface area (Å²) in [7, 11) is 3.38. The second-order valence-corrected chi connectivity index (χ2v) is 4.90. The van der Waals surface area contributed by atoms with Crippen LogP contribution in [-0.4, -0.2) is 35.8 Å². The zero-order valence-electron chi connectivity index (χ0n) is 10.5. The van der Waals surface area contributed by atoms with Gasteiger partial charge < -0.3 is 9.32 Å². The summed E-state index contributed by atoms with van der Waals surface area (Å²) >= 11 is 1.27. The highest BCUT2D eigenvalue weighted by molar-refractivity contribution is 7.14. The Morgan fingerprint density at radius 3 is 2.89 bits per heavy atom. The number of hydrogen-bond donors (Lipinski definition) is 1. The van der Waals surface area contributed by atoms with Crippen LogP contribution in [0.2, 0.25) is 0 Å². The summed E-state index contributed by atoms with van der Waals surface area (Å²) in [6, 6.07) is 3.21. The van der Waals surface area contributed by atoms with E-state index in [9.17, 15) is 9.59 Å². The van der Waals surface area contributed by atoms with Crippen LogP contribution in [0.3, 0.4) is 0 Å². The molecule has 0 aliphatic carbocycles. The molecule has 2 aromatic rings. The Morgan fingerprint density at radius 2 is 2.26 bits per heavy atom. The Balaban J connectivity index is 1.98. The number of nitrogens with zero attached hydrogens (tertiary/aromatic N) is 2. The summed E-state index contributed by atoms with van der Waals surface area (Å²) in [6.07, 6.45) is 1.65. The first-order valence-corrected chi connectivity index (χ1v) is 6.43. The number of aromatic nitrogens is 1. The molecule has 1 N–H and O–H groups in total. The summed E-state index contributed by atoms with van der Waals surface area (Å²) in [4.78, 5) is 28.9. The highest BCUT2D eigenvalue weighted by atomic mass is 32.1. The third-order valence-electron chi connectivity index (χ3n) is 2.35. The van der Waals surface area contributed by atoms with Crippen LogP contribution in [0.4, 0.5) is 5.13 Å². The van der Waals surface area contributed by atoms with Crippen LogP contribution in [0, 0.1) is 0 Å². The number of furan rings is 1. The van der Waals surface area contributed by atoms with E-state index >= 15 is 0 Å².